The van der Waals surface area contributed by atoms with Crippen LogP contribution in [0.25, 0.3) is 0 Å². The minimum Gasteiger partial charge on any atom is -1.00 e. The van der Waals surface area contributed by atoms with Crippen LogP contribution in [0.15, 0.2) is 0 Å². The molecular weight excluding hydrogens is 201 g/mol. The fraction of sp³-hybridized carbons (Fsp3) is 1.00. The zero-order valence-corrected chi connectivity index (χ0v) is 10.7. The maximum atomic E-state index is 2.33. The molecule has 2 heteroatoms. The van der Waals surface area contributed by atoms with Crippen LogP contribution in [-0.4, -0.2) is 17.4 Å². The minimum atomic E-state index is 0. The van der Waals surface area contributed by atoms with Gasteiger partial charge in [0, 0.05) is 0 Å². The Morgan fingerprint density at radius 2 is 1.20 bits per heavy atom. The fourth-order valence-corrected chi connectivity index (χ4v) is 3.96. The molecule has 60 valence electrons. The average molecular weight is 219 g/mol. The van der Waals surface area contributed by atoms with Crippen LogP contribution in [0, 0.1) is 11.8 Å². The molecule has 0 saturated heterocycles. The van der Waals surface area contributed by atoms with Crippen LogP contribution in [-0.2, 0) is 0 Å². The average Bonchev–Trinajstić information content (AvgIpc) is 1.63. The molecule has 0 heterocycles. The maximum Gasteiger partial charge on any atom is -1.00 e. The van der Waals surface area contributed by atoms with Crippen LogP contribution < -0.4 is 12.4 Å². The second kappa shape index (κ2) is 8.03. The number of halogens is 1. The van der Waals surface area contributed by atoms with Gasteiger partial charge in [-0.1, -0.05) is 0 Å². The van der Waals surface area contributed by atoms with Gasteiger partial charge in [0.2, 0.25) is 0 Å². The molecule has 0 bridgehead atoms. The molecule has 0 aliphatic rings. The van der Waals surface area contributed by atoms with Gasteiger partial charge >= 0.3 is 66.9 Å². The third-order valence-corrected chi connectivity index (χ3v) is 6.63. The Balaban J connectivity index is 0. The third-order valence-electron chi connectivity index (χ3n) is 1.28. The van der Waals surface area contributed by atoms with Gasteiger partial charge in [-0.15, -0.1) is 0 Å². The van der Waals surface area contributed by atoms with Crippen LogP contribution in [0.5, 0.6) is 0 Å². The van der Waals surface area contributed by atoms with E-state index in [0.29, 0.717) is 0 Å². The van der Waals surface area contributed by atoms with Crippen LogP contribution >= 0.6 is 0 Å². The van der Waals surface area contributed by atoms with E-state index in [4.69, 9.17) is 0 Å². The first-order chi connectivity index (χ1) is 4.13. The van der Waals surface area contributed by atoms with Crippen molar-refractivity contribution in [2.24, 2.45) is 11.8 Å². The first-order valence-corrected chi connectivity index (χ1v) is 7.37. The van der Waals surface area contributed by atoms with E-state index in [-0.39, 0.29) is 29.8 Å². The van der Waals surface area contributed by atoms with E-state index in [2.05, 4.69) is 27.7 Å². The summed E-state index contributed by atoms with van der Waals surface area (Å²) in [5.41, 5.74) is 0. The second-order valence-electron chi connectivity index (χ2n) is 3.55. The van der Waals surface area contributed by atoms with E-state index < -0.39 is 0 Å². The molecule has 0 aromatic rings. The van der Waals surface area contributed by atoms with Gasteiger partial charge in [-0.2, -0.15) is 0 Å². The summed E-state index contributed by atoms with van der Waals surface area (Å²) in [6.07, 6.45) is 0. The molecule has 0 saturated carbocycles. The Bertz CT molecular complexity index is 54.3. The molecule has 0 N–H and O–H groups in total. The molecule has 10 heavy (non-hydrogen) atoms. The minimum absolute atomic E-state index is 0. The van der Waals surface area contributed by atoms with Crippen LogP contribution in [0.4, 0.5) is 0 Å². The van der Waals surface area contributed by atoms with Crippen molar-refractivity contribution in [2.45, 2.75) is 37.6 Å². The quantitative estimate of drug-likeness (QED) is 0.577. The zero-order valence-electron chi connectivity index (χ0n) is 7.52. The normalized spacial score (nSPS) is 9.40. The molecule has 0 unspecified atom stereocenters. The van der Waals surface area contributed by atoms with E-state index in [1.165, 1.54) is 0 Å². The summed E-state index contributed by atoms with van der Waals surface area (Å²) in [6.45, 7) is 9.32. The van der Waals surface area contributed by atoms with E-state index in [0.717, 1.165) is 11.8 Å². The molecule has 0 nitrogen and oxygen atoms in total. The van der Waals surface area contributed by atoms with Gasteiger partial charge in [0.05, 0.1) is 0 Å². The van der Waals surface area contributed by atoms with Crippen molar-refractivity contribution in [1.29, 1.82) is 0 Å². The SMILES string of the molecule is CC(C)[CH2][Ga+][CH2]C(C)C.[Cl-]. The van der Waals surface area contributed by atoms with Crippen LogP contribution in [0.1, 0.15) is 27.7 Å². The molecule has 0 fully saturated rings. The van der Waals surface area contributed by atoms with Gasteiger partial charge < -0.3 is 12.4 Å². The predicted molar refractivity (Wildman–Crippen MR) is 45.0 cm³/mol. The first kappa shape index (κ1) is 13.5. The molecule has 0 aromatic heterocycles. The molecule has 0 amide bonds. The summed E-state index contributed by atoms with van der Waals surface area (Å²) in [5.74, 6) is 1.92. The summed E-state index contributed by atoms with van der Waals surface area (Å²) in [7, 11) is 0. The molecule has 0 radical (unpaired) electrons. The third kappa shape index (κ3) is 11.7. The van der Waals surface area contributed by atoms with Crippen molar-refractivity contribution in [3.63, 3.8) is 0 Å². The second-order valence-corrected chi connectivity index (χ2v) is 6.74. The Labute approximate surface area is 79.4 Å². The molecule has 0 rings (SSSR count). The number of hydrogen-bond donors (Lipinski definition) is 0. The predicted octanol–water partition coefficient (Wildman–Crippen LogP) is -0.157. The summed E-state index contributed by atoms with van der Waals surface area (Å²) in [5, 5.41) is 0. The van der Waals surface area contributed by atoms with Gasteiger partial charge in [0.1, 0.15) is 0 Å². The van der Waals surface area contributed by atoms with Crippen molar-refractivity contribution in [2.75, 3.05) is 0 Å². The van der Waals surface area contributed by atoms with Crippen molar-refractivity contribution in [1.82, 2.24) is 0 Å². The number of hydrogen-bond acceptors (Lipinski definition) is 0. The molecule has 0 atom stereocenters. The van der Waals surface area contributed by atoms with Gasteiger partial charge in [-0.05, 0) is 0 Å². The van der Waals surface area contributed by atoms with Gasteiger partial charge in [0.15, 0.2) is 0 Å². The zero-order chi connectivity index (χ0) is 7.28. The van der Waals surface area contributed by atoms with E-state index in [1.54, 1.807) is 9.95 Å². The Hall–Kier alpha value is 0.926. The maximum absolute atomic E-state index is 2.33. The molecule has 0 aliphatic heterocycles. The van der Waals surface area contributed by atoms with E-state index in [9.17, 15) is 0 Å². The number of rotatable bonds is 4. The molecular formula is C8H18ClGa. The van der Waals surface area contributed by atoms with Crippen molar-refractivity contribution in [3.05, 3.63) is 0 Å². The van der Waals surface area contributed by atoms with Crippen LogP contribution in [0.3, 0.4) is 0 Å². The van der Waals surface area contributed by atoms with Gasteiger partial charge in [-0.3, -0.25) is 0 Å². The molecule has 0 aliphatic carbocycles. The van der Waals surface area contributed by atoms with Crippen molar-refractivity contribution in [3.8, 4) is 0 Å². The summed E-state index contributed by atoms with van der Waals surface area (Å²) in [6, 6.07) is 0. The largest absolute Gasteiger partial charge is 1.00 e. The summed E-state index contributed by atoms with van der Waals surface area (Å²) < 4.78 is 0. The summed E-state index contributed by atoms with van der Waals surface area (Å²) in [4.78, 5) is 3.11. The molecule has 0 spiro atoms. The van der Waals surface area contributed by atoms with E-state index in [1.807, 2.05) is 0 Å². The smallest absolute Gasteiger partial charge is 1.00 e. The first-order valence-electron chi connectivity index (χ1n) is 3.94. The topological polar surface area (TPSA) is 0 Å². The Morgan fingerprint density at radius 1 is 0.900 bits per heavy atom. The Kier molecular flexibility index (Phi) is 10.8. The molecule has 0 aromatic carbocycles. The standard InChI is InChI=1S/2C4H9.ClH.Ga/c2*1-4(2)3;;/h2*4H,1H2,2-3H3;1H;/q;;;+1/p-1. The van der Waals surface area contributed by atoms with Crippen LogP contribution in [0.2, 0.25) is 9.95 Å². The monoisotopic (exact) mass is 218 g/mol. The summed E-state index contributed by atoms with van der Waals surface area (Å²) >= 11 is 0.179. The van der Waals surface area contributed by atoms with Crippen molar-refractivity contribution >= 4 is 17.4 Å². The van der Waals surface area contributed by atoms with Crippen molar-refractivity contribution < 1.29 is 12.4 Å². The van der Waals surface area contributed by atoms with Gasteiger partial charge in [0.25, 0.3) is 0 Å². The van der Waals surface area contributed by atoms with E-state index >= 15 is 0 Å². The Morgan fingerprint density at radius 3 is 1.40 bits per heavy atom. The van der Waals surface area contributed by atoms with Gasteiger partial charge in [-0.25, -0.2) is 0 Å². The fourth-order valence-electron chi connectivity index (χ4n) is 0.763.